The van der Waals surface area contributed by atoms with Crippen molar-refractivity contribution >= 4 is 50.7 Å². The third-order valence-electron chi connectivity index (χ3n) is 7.55. The lowest BCUT2D eigenvalue weighted by Gasteiger charge is -2.34. The second kappa shape index (κ2) is 16.7. The van der Waals surface area contributed by atoms with E-state index in [2.05, 4.69) is 5.32 Å². The molecule has 13 heteroatoms. The van der Waals surface area contributed by atoms with Crippen LogP contribution in [0.15, 0.2) is 95.9 Å². The largest absolute Gasteiger partial charge is 0.493 e. The van der Waals surface area contributed by atoms with Gasteiger partial charge in [0.1, 0.15) is 18.4 Å². The fourth-order valence-corrected chi connectivity index (χ4v) is 6.96. The Labute approximate surface area is 290 Å². The molecule has 4 rings (SSSR count). The first-order valence-electron chi connectivity index (χ1n) is 15.0. The molecule has 0 unspecified atom stereocenters. The van der Waals surface area contributed by atoms with E-state index >= 15 is 0 Å². The van der Waals surface area contributed by atoms with Crippen LogP contribution in [-0.2, 0) is 32.6 Å². The lowest BCUT2D eigenvalue weighted by Crippen LogP contribution is -2.53. The maximum absolute atomic E-state index is 14.6. The van der Waals surface area contributed by atoms with Crippen molar-refractivity contribution in [3.63, 3.8) is 0 Å². The van der Waals surface area contributed by atoms with Gasteiger partial charge in [-0.15, -0.1) is 0 Å². The van der Waals surface area contributed by atoms with Crippen LogP contribution >= 0.6 is 23.2 Å². The van der Waals surface area contributed by atoms with Crippen LogP contribution < -0.4 is 19.1 Å². The predicted octanol–water partition coefficient (Wildman–Crippen LogP) is 6.51. The van der Waals surface area contributed by atoms with Crippen molar-refractivity contribution in [2.45, 2.75) is 37.2 Å². The number of anilines is 1. The van der Waals surface area contributed by atoms with Crippen molar-refractivity contribution in [2.75, 3.05) is 31.6 Å². The molecule has 0 radical (unpaired) electrons. The molecular formula is C35H36Cl2FN3O6S. The van der Waals surface area contributed by atoms with Crippen molar-refractivity contribution in [1.82, 2.24) is 10.2 Å². The molecule has 1 N–H and O–H groups in total. The Hall–Kier alpha value is -4.32. The minimum atomic E-state index is -4.49. The first kappa shape index (κ1) is 36.5. The fraction of sp³-hybridized carbons (Fsp3) is 0.257. The molecule has 0 aliphatic carbocycles. The van der Waals surface area contributed by atoms with Crippen LogP contribution in [0.25, 0.3) is 0 Å². The topological polar surface area (TPSA) is 105 Å². The summed E-state index contributed by atoms with van der Waals surface area (Å²) in [5.74, 6) is -1.32. The fourth-order valence-electron chi connectivity index (χ4n) is 5.01. The van der Waals surface area contributed by atoms with E-state index in [9.17, 15) is 22.4 Å². The van der Waals surface area contributed by atoms with Gasteiger partial charge in [0.25, 0.3) is 10.0 Å². The number of ether oxygens (including phenoxy) is 2. The maximum atomic E-state index is 14.6. The number of methoxy groups -OCH3 is 2. The average molecular weight is 717 g/mol. The number of amides is 2. The molecule has 0 saturated carbocycles. The van der Waals surface area contributed by atoms with Gasteiger partial charge in [0, 0.05) is 41.2 Å². The van der Waals surface area contributed by atoms with Crippen molar-refractivity contribution < 1.29 is 31.9 Å². The van der Waals surface area contributed by atoms with Crippen molar-refractivity contribution in [1.29, 1.82) is 0 Å². The molecule has 4 aromatic rings. The van der Waals surface area contributed by atoms with Crippen LogP contribution in [0.2, 0.25) is 10.0 Å². The number of hydrogen-bond acceptors (Lipinski definition) is 6. The normalized spacial score (nSPS) is 11.8. The summed E-state index contributed by atoms with van der Waals surface area (Å²) >= 11 is 13.1. The van der Waals surface area contributed by atoms with Gasteiger partial charge in [0.15, 0.2) is 11.5 Å². The number of halogens is 3. The van der Waals surface area contributed by atoms with E-state index < -0.39 is 40.2 Å². The number of nitrogens with zero attached hydrogens (tertiary/aromatic N) is 2. The molecule has 0 aromatic heterocycles. The molecule has 0 saturated heterocycles. The number of benzene rings is 4. The predicted molar refractivity (Wildman–Crippen MR) is 185 cm³/mol. The van der Waals surface area contributed by atoms with Gasteiger partial charge >= 0.3 is 0 Å². The highest BCUT2D eigenvalue weighted by Gasteiger charge is 2.35. The molecule has 0 heterocycles. The van der Waals surface area contributed by atoms with Gasteiger partial charge in [-0.05, 0) is 60.5 Å². The maximum Gasteiger partial charge on any atom is 0.264 e. The summed E-state index contributed by atoms with van der Waals surface area (Å²) < 4.78 is 54.1. The lowest BCUT2D eigenvalue weighted by molar-refractivity contribution is -0.140. The van der Waals surface area contributed by atoms with E-state index in [1.165, 1.54) is 49.5 Å². The molecule has 1 atom stereocenters. The summed E-state index contributed by atoms with van der Waals surface area (Å²) in [6, 6.07) is 21.6. The summed E-state index contributed by atoms with van der Waals surface area (Å²) in [5, 5.41) is 3.41. The highest BCUT2D eigenvalue weighted by molar-refractivity contribution is 7.92. The number of sulfonamides is 1. The molecule has 0 bridgehead atoms. The highest BCUT2D eigenvalue weighted by atomic mass is 35.5. The van der Waals surface area contributed by atoms with Crippen LogP contribution in [0.1, 0.15) is 24.5 Å². The number of hydrogen-bond donors (Lipinski definition) is 1. The van der Waals surface area contributed by atoms with Gasteiger partial charge in [-0.3, -0.25) is 13.9 Å². The molecule has 9 nitrogen and oxygen atoms in total. The molecule has 48 heavy (non-hydrogen) atoms. The van der Waals surface area contributed by atoms with Crippen molar-refractivity contribution in [2.24, 2.45) is 0 Å². The summed E-state index contributed by atoms with van der Waals surface area (Å²) in [5.41, 5.74) is 1.17. The first-order valence-corrected chi connectivity index (χ1v) is 17.2. The summed E-state index contributed by atoms with van der Waals surface area (Å²) in [6.45, 7) is 1.30. The monoisotopic (exact) mass is 715 g/mol. The lowest BCUT2D eigenvalue weighted by atomic mass is 10.0. The SMILES string of the molecule is CCCNC(=O)[C@H](Cc1ccccc1)N(Cc1c(Cl)cccc1Cl)C(=O)CN(c1ccc(F)cc1)S(=O)(=O)c1ccc(OC)c(OC)c1. The third kappa shape index (κ3) is 8.77. The number of carbonyl (C=O) groups excluding carboxylic acids is 2. The van der Waals surface area contributed by atoms with E-state index in [-0.39, 0.29) is 39.3 Å². The van der Waals surface area contributed by atoms with Gasteiger partial charge in [0.2, 0.25) is 11.8 Å². The van der Waals surface area contributed by atoms with Crippen LogP contribution in [0.5, 0.6) is 11.5 Å². The van der Waals surface area contributed by atoms with E-state index in [1.807, 2.05) is 37.3 Å². The Morgan fingerprint density at radius 3 is 2.12 bits per heavy atom. The van der Waals surface area contributed by atoms with Crippen molar-refractivity contribution in [3.05, 3.63) is 118 Å². The average Bonchev–Trinajstić information content (AvgIpc) is 3.09. The molecule has 0 spiro atoms. The van der Waals surface area contributed by atoms with Crippen LogP contribution in [0.4, 0.5) is 10.1 Å². The number of nitrogens with one attached hydrogen (secondary N) is 1. The Balaban J connectivity index is 1.85. The standard InChI is InChI=1S/C35H36Cl2FN3O6S/c1-4-19-39-35(43)31(20-24-9-6-5-7-10-24)40(22-28-29(36)11-8-12-30(28)37)34(42)23-41(26-15-13-25(38)14-16-26)48(44,45)27-17-18-32(46-2)33(21-27)47-3/h5-18,21,31H,4,19-20,22-23H2,1-3H3,(H,39,43)/t31-/m0/s1. The summed E-state index contributed by atoms with van der Waals surface area (Å²) in [6.07, 6.45) is 0.763. The van der Waals surface area contributed by atoms with Crippen LogP contribution in [0.3, 0.4) is 0 Å². The Bertz CT molecular complexity index is 1810. The molecule has 0 aliphatic heterocycles. The minimum absolute atomic E-state index is 0.0188. The quantitative estimate of drug-likeness (QED) is 0.151. The molecule has 254 valence electrons. The third-order valence-corrected chi connectivity index (χ3v) is 10.0. The van der Waals surface area contributed by atoms with E-state index in [1.54, 1.807) is 18.2 Å². The van der Waals surface area contributed by atoms with Gasteiger partial charge in [-0.1, -0.05) is 66.5 Å². The second-order valence-electron chi connectivity index (χ2n) is 10.7. The summed E-state index contributed by atoms with van der Waals surface area (Å²) in [4.78, 5) is 29.4. The molecule has 0 fully saturated rings. The van der Waals surface area contributed by atoms with Gasteiger partial charge < -0.3 is 19.7 Å². The minimum Gasteiger partial charge on any atom is -0.493 e. The van der Waals surface area contributed by atoms with E-state index in [0.717, 1.165) is 22.0 Å². The molecule has 4 aromatic carbocycles. The molecule has 0 aliphatic rings. The first-order chi connectivity index (χ1) is 23.0. The van der Waals surface area contributed by atoms with Gasteiger partial charge in [-0.2, -0.15) is 0 Å². The highest BCUT2D eigenvalue weighted by Crippen LogP contribution is 2.33. The second-order valence-corrected chi connectivity index (χ2v) is 13.4. The van der Waals surface area contributed by atoms with Gasteiger partial charge in [0.05, 0.1) is 24.8 Å². The zero-order valence-electron chi connectivity index (χ0n) is 26.7. The number of rotatable bonds is 15. The Kier molecular flexibility index (Phi) is 12.7. The van der Waals surface area contributed by atoms with Crippen molar-refractivity contribution in [3.8, 4) is 11.5 Å². The zero-order chi connectivity index (χ0) is 34.8. The molecule has 2 amide bonds. The summed E-state index contributed by atoms with van der Waals surface area (Å²) in [7, 11) is -1.71. The molecular weight excluding hydrogens is 680 g/mol. The number of carbonyl (C=O) groups is 2. The van der Waals surface area contributed by atoms with Gasteiger partial charge in [-0.25, -0.2) is 12.8 Å². The van der Waals surface area contributed by atoms with Crippen LogP contribution in [-0.4, -0.2) is 58.5 Å². The Morgan fingerprint density at radius 1 is 0.875 bits per heavy atom. The zero-order valence-corrected chi connectivity index (χ0v) is 29.0. The van der Waals surface area contributed by atoms with Crippen LogP contribution in [0, 0.1) is 5.82 Å². The smallest absolute Gasteiger partial charge is 0.264 e. The van der Waals surface area contributed by atoms with E-state index in [0.29, 0.717) is 24.3 Å². The Morgan fingerprint density at radius 2 is 1.52 bits per heavy atom. The van der Waals surface area contributed by atoms with E-state index in [4.69, 9.17) is 32.7 Å².